The molecule has 0 radical (unpaired) electrons. The molecule has 0 atom stereocenters. The van der Waals surface area contributed by atoms with Crippen molar-refractivity contribution in [3.05, 3.63) is 28.0 Å². The highest BCUT2D eigenvalue weighted by Crippen LogP contribution is 2.15. The maximum atomic E-state index is 10.2. The largest absolute Gasteiger partial charge is 0.478 e. The van der Waals surface area contributed by atoms with Crippen LogP contribution in [-0.4, -0.2) is 11.1 Å². The maximum absolute atomic E-state index is 10.2. The Bertz CT molecular complexity index is 483. The number of rotatable bonds is 2. The molecule has 0 aromatic carbocycles. The van der Waals surface area contributed by atoms with Crippen LogP contribution < -0.4 is 0 Å². The van der Waals surface area contributed by atoms with Crippen molar-refractivity contribution >= 4 is 23.4 Å². The van der Waals surface area contributed by atoms with Gasteiger partial charge in [-0.2, -0.15) is 5.26 Å². The van der Waals surface area contributed by atoms with Crippen LogP contribution in [0.3, 0.4) is 0 Å². The second-order valence-corrected chi connectivity index (χ2v) is 3.49. The van der Waals surface area contributed by atoms with E-state index in [2.05, 4.69) is 11.8 Å². The number of nitriles is 1. The van der Waals surface area contributed by atoms with E-state index in [-0.39, 0.29) is 6.42 Å². The molecule has 0 amide bonds. The number of thiophene rings is 1. The number of carboxylic acids is 1. The van der Waals surface area contributed by atoms with Gasteiger partial charge >= 0.3 is 5.97 Å². The van der Waals surface area contributed by atoms with Crippen molar-refractivity contribution in [3.8, 4) is 17.9 Å². The fourth-order valence-electron chi connectivity index (χ4n) is 0.845. The quantitative estimate of drug-likeness (QED) is 0.609. The van der Waals surface area contributed by atoms with E-state index >= 15 is 0 Å². The van der Waals surface area contributed by atoms with E-state index in [1.165, 1.54) is 17.4 Å². The van der Waals surface area contributed by atoms with E-state index < -0.39 is 5.97 Å². The second-order valence-electron chi connectivity index (χ2n) is 2.55. The fourth-order valence-corrected chi connectivity index (χ4v) is 1.58. The molecule has 1 aromatic rings. The van der Waals surface area contributed by atoms with Gasteiger partial charge in [0.05, 0.1) is 12.5 Å². The Morgan fingerprint density at radius 2 is 2.47 bits per heavy atom. The van der Waals surface area contributed by atoms with Crippen LogP contribution in [0.1, 0.15) is 16.9 Å². The van der Waals surface area contributed by atoms with Crippen molar-refractivity contribution in [2.75, 3.05) is 0 Å². The molecule has 0 aliphatic carbocycles. The Hall–Kier alpha value is -2.04. The number of aliphatic carboxylic acids is 1. The molecule has 0 spiro atoms. The summed E-state index contributed by atoms with van der Waals surface area (Å²) in [5.74, 6) is 4.52. The predicted octanol–water partition coefficient (Wildman–Crippen LogP) is 2.11. The molecule has 0 saturated heterocycles. The average molecular weight is 217 g/mol. The molecule has 74 valence electrons. The summed E-state index contributed by atoms with van der Waals surface area (Å²) < 4.78 is 0. The van der Waals surface area contributed by atoms with Crippen LogP contribution in [0, 0.1) is 23.2 Å². The SMILES string of the molecule is N#CCC#Cc1csc(/C=C/C(=O)O)c1. The van der Waals surface area contributed by atoms with Crippen molar-refractivity contribution in [3.63, 3.8) is 0 Å². The van der Waals surface area contributed by atoms with Crippen molar-refractivity contribution in [1.29, 1.82) is 5.26 Å². The number of carbonyl (C=O) groups is 1. The first-order chi connectivity index (χ1) is 7.22. The predicted molar refractivity (Wildman–Crippen MR) is 58.1 cm³/mol. The van der Waals surface area contributed by atoms with E-state index in [1.807, 2.05) is 11.4 Å². The van der Waals surface area contributed by atoms with Crippen LogP contribution in [0.15, 0.2) is 17.5 Å². The minimum absolute atomic E-state index is 0.205. The normalized spacial score (nSPS) is 9.27. The Kier molecular flexibility index (Phi) is 4.15. The molecule has 0 aliphatic heterocycles. The summed E-state index contributed by atoms with van der Waals surface area (Å²) in [5, 5.41) is 18.5. The van der Waals surface area contributed by atoms with Gasteiger partial charge in [-0.05, 0) is 12.1 Å². The van der Waals surface area contributed by atoms with E-state index in [4.69, 9.17) is 10.4 Å². The molecule has 3 nitrogen and oxygen atoms in total. The minimum Gasteiger partial charge on any atom is -0.478 e. The van der Waals surface area contributed by atoms with E-state index in [9.17, 15) is 4.79 Å². The number of carboxylic acid groups (broad SMARTS) is 1. The standard InChI is InChI=1S/C11H7NO2S/c12-6-2-1-3-9-7-10(15-8-9)4-5-11(13)14/h4-5,7-8H,2H2,(H,13,14)/b5-4+. The molecular formula is C11H7NO2S. The van der Waals surface area contributed by atoms with Gasteiger partial charge in [0.25, 0.3) is 0 Å². The third-order valence-electron chi connectivity index (χ3n) is 1.41. The highest BCUT2D eigenvalue weighted by Gasteiger charge is 1.94. The summed E-state index contributed by atoms with van der Waals surface area (Å²) in [6.45, 7) is 0. The zero-order chi connectivity index (χ0) is 11.1. The van der Waals surface area contributed by atoms with E-state index in [0.717, 1.165) is 16.5 Å². The smallest absolute Gasteiger partial charge is 0.328 e. The van der Waals surface area contributed by atoms with Crippen LogP contribution in [0.2, 0.25) is 0 Å². The zero-order valence-corrected chi connectivity index (χ0v) is 8.54. The molecule has 1 rings (SSSR count). The van der Waals surface area contributed by atoms with Gasteiger partial charge in [-0.15, -0.1) is 11.3 Å². The molecule has 0 fully saturated rings. The lowest BCUT2D eigenvalue weighted by molar-refractivity contribution is -0.131. The van der Waals surface area contributed by atoms with E-state index in [1.54, 1.807) is 6.07 Å². The molecule has 15 heavy (non-hydrogen) atoms. The van der Waals surface area contributed by atoms with Gasteiger partial charge in [-0.25, -0.2) is 4.79 Å². The Morgan fingerprint density at radius 1 is 1.67 bits per heavy atom. The molecule has 1 N–H and O–H groups in total. The fraction of sp³-hybridized carbons (Fsp3) is 0.0909. The number of hydrogen-bond donors (Lipinski definition) is 1. The number of nitrogens with zero attached hydrogens (tertiary/aromatic N) is 1. The lowest BCUT2D eigenvalue weighted by Gasteiger charge is -1.80. The van der Waals surface area contributed by atoms with Crippen LogP contribution in [-0.2, 0) is 4.79 Å². The van der Waals surface area contributed by atoms with Gasteiger partial charge in [0, 0.05) is 21.9 Å². The van der Waals surface area contributed by atoms with Crippen molar-refractivity contribution in [2.45, 2.75) is 6.42 Å². The Labute approximate surface area is 91.3 Å². The molecule has 1 heterocycles. The third-order valence-corrected chi connectivity index (χ3v) is 2.31. The first-order valence-corrected chi connectivity index (χ1v) is 4.95. The van der Waals surface area contributed by atoms with Gasteiger partial charge < -0.3 is 5.11 Å². The van der Waals surface area contributed by atoms with Crippen molar-refractivity contribution in [2.24, 2.45) is 0 Å². The van der Waals surface area contributed by atoms with Gasteiger partial charge in [0.15, 0.2) is 0 Å². The highest BCUT2D eigenvalue weighted by atomic mass is 32.1. The van der Waals surface area contributed by atoms with Gasteiger partial charge in [0.2, 0.25) is 0 Å². The minimum atomic E-state index is -0.972. The Morgan fingerprint density at radius 3 is 3.13 bits per heavy atom. The summed E-state index contributed by atoms with van der Waals surface area (Å²) in [6, 6.07) is 3.71. The highest BCUT2D eigenvalue weighted by molar-refractivity contribution is 7.11. The molecule has 1 aromatic heterocycles. The van der Waals surface area contributed by atoms with Gasteiger partial charge in [-0.3, -0.25) is 0 Å². The van der Waals surface area contributed by atoms with E-state index in [0.29, 0.717) is 0 Å². The first kappa shape index (κ1) is 11.0. The summed E-state index contributed by atoms with van der Waals surface area (Å²) in [4.78, 5) is 11.1. The van der Waals surface area contributed by atoms with Crippen LogP contribution >= 0.6 is 11.3 Å². The summed E-state index contributed by atoms with van der Waals surface area (Å²) in [6.07, 6.45) is 2.80. The second kappa shape index (κ2) is 5.64. The number of hydrogen-bond acceptors (Lipinski definition) is 3. The molecule has 0 unspecified atom stereocenters. The first-order valence-electron chi connectivity index (χ1n) is 4.07. The van der Waals surface area contributed by atoms with Gasteiger partial charge in [0.1, 0.15) is 0 Å². The zero-order valence-electron chi connectivity index (χ0n) is 7.73. The summed E-state index contributed by atoms with van der Waals surface area (Å²) in [7, 11) is 0. The maximum Gasteiger partial charge on any atom is 0.328 e. The lowest BCUT2D eigenvalue weighted by atomic mass is 10.3. The monoisotopic (exact) mass is 217 g/mol. The summed E-state index contributed by atoms with van der Waals surface area (Å²) in [5.41, 5.74) is 0.806. The molecule has 4 heteroatoms. The molecule has 0 aliphatic rings. The van der Waals surface area contributed by atoms with Crippen LogP contribution in [0.5, 0.6) is 0 Å². The molecular weight excluding hydrogens is 210 g/mol. The van der Waals surface area contributed by atoms with Crippen molar-refractivity contribution < 1.29 is 9.90 Å². The van der Waals surface area contributed by atoms with Gasteiger partial charge in [-0.1, -0.05) is 11.8 Å². The molecule has 0 bridgehead atoms. The van der Waals surface area contributed by atoms with Crippen LogP contribution in [0.4, 0.5) is 0 Å². The molecule has 0 saturated carbocycles. The van der Waals surface area contributed by atoms with Crippen LogP contribution in [0.25, 0.3) is 6.08 Å². The average Bonchev–Trinajstić information content (AvgIpc) is 2.63. The summed E-state index contributed by atoms with van der Waals surface area (Å²) >= 11 is 1.41. The Balaban J connectivity index is 2.70. The topological polar surface area (TPSA) is 61.1 Å². The van der Waals surface area contributed by atoms with Crippen molar-refractivity contribution in [1.82, 2.24) is 0 Å². The lowest BCUT2D eigenvalue weighted by Crippen LogP contribution is -1.84. The third kappa shape index (κ3) is 4.12.